The first-order valence-corrected chi connectivity index (χ1v) is 0. The average molecular weight is 774 g/mol. The Morgan fingerprint density at radius 2 is 0.176 bits per heavy atom. The fraction of sp³-hybridized carbons (Fsp3) is 0.100. The monoisotopic (exact) mass is 774 g/mol. The maximum atomic E-state index is 0. The van der Waals surface area contributed by atoms with E-state index < -0.39 is 0 Å². The standard InChI is InChI=1S/CH4.9CH3.7Y/h1H4;9*1H3;;;;;;;/q;9*-1;;;;;;;. The normalized spacial score (nSPS) is 0. The summed E-state index contributed by atoms with van der Waals surface area (Å²) in [6.07, 6.45) is 0. The summed E-state index contributed by atoms with van der Waals surface area (Å²) in [7, 11) is 0. The number of hydrogen-bond acceptors (Lipinski definition) is 0. The topological polar surface area (TPSA) is 0 Å². The molecule has 0 nitrogen and oxygen atoms in total. The molecule has 0 aromatic rings. The molecule has 101 valence electrons. The molecule has 0 fully saturated rings. The fourth-order valence-corrected chi connectivity index (χ4v) is 0. The van der Waals surface area contributed by atoms with E-state index in [0.29, 0.717) is 0 Å². The average Bonchev–Trinajstić information content (AvgIpc) is 0. The zero-order valence-corrected chi connectivity index (χ0v) is 32.9. The summed E-state index contributed by atoms with van der Waals surface area (Å²) in [6, 6.07) is 0. The number of hydrogen-bond donors (Lipinski definition) is 0. The van der Waals surface area contributed by atoms with E-state index in [1.807, 2.05) is 0 Å². The molecule has 0 aromatic carbocycles. The van der Waals surface area contributed by atoms with Crippen molar-refractivity contribution in [2.75, 3.05) is 0 Å². The van der Waals surface area contributed by atoms with Gasteiger partial charge in [-0.15, -0.1) is 0 Å². The second-order valence-electron chi connectivity index (χ2n) is 0. The van der Waals surface area contributed by atoms with Gasteiger partial charge in [0, 0.05) is 229 Å². The Morgan fingerprint density at radius 1 is 0.176 bits per heavy atom. The van der Waals surface area contributed by atoms with Crippen molar-refractivity contribution in [2.24, 2.45) is 0 Å². The van der Waals surface area contributed by atoms with Crippen molar-refractivity contribution in [3.8, 4) is 0 Å². The Labute approximate surface area is 295 Å². The van der Waals surface area contributed by atoms with Crippen LogP contribution in [0.3, 0.4) is 0 Å². The molecule has 0 heterocycles. The molecular formula is C10H31Y7-9. The molecular weight excluding hydrogens is 742 g/mol. The van der Waals surface area contributed by atoms with Crippen LogP contribution in [0, 0.1) is 66.8 Å². The molecule has 0 bridgehead atoms. The van der Waals surface area contributed by atoms with Crippen molar-refractivity contribution >= 4 is 0 Å². The Hall–Kier alpha value is 7.73. The minimum absolute atomic E-state index is 0. The predicted molar refractivity (Wildman–Crippen MR) is 64.5 cm³/mol. The van der Waals surface area contributed by atoms with Gasteiger partial charge in [-0.3, -0.25) is 0 Å². The fourth-order valence-electron chi connectivity index (χ4n) is 0. The third-order valence-electron chi connectivity index (χ3n) is 0. The van der Waals surface area contributed by atoms with Crippen LogP contribution in [0.5, 0.6) is 0 Å². The Balaban J connectivity index is 0. The minimum Gasteiger partial charge on any atom is -0.358 e. The molecule has 7 heteroatoms. The third-order valence-corrected chi connectivity index (χ3v) is 0. The van der Waals surface area contributed by atoms with E-state index in [2.05, 4.69) is 0 Å². The Bertz CT molecular complexity index is 16.6. The van der Waals surface area contributed by atoms with Crippen LogP contribution in [0.15, 0.2) is 0 Å². The summed E-state index contributed by atoms with van der Waals surface area (Å²) >= 11 is 0. The van der Waals surface area contributed by atoms with Crippen molar-refractivity contribution in [2.45, 2.75) is 7.43 Å². The predicted octanol–water partition coefficient (Wildman–Crippen LogP) is 4.67. The molecule has 0 aliphatic rings. The van der Waals surface area contributed by atoms with E-state index in [1.165, 1.54) is 0 Å². The molecule has 0 N–H and O–H groups in total. The number of rotatable bonds is 0. The summed E-state index contributed by atoms with van der Waals surface area (Å²) in [5.41, 5.74) is 0. The molecule has 0 aliphatic heterocycles. The quantitative estimate of drug-likeness (QED) is 0.315. The van der Waals surface area contributed by atoms with Crippen LogP contribution in [0.4, 0.5) is 0 Å². The molecule has 0 unspecified atom stereocenters. The van der Waals surface area contributed by atoms with Gasteiger partial charge >= 0.3 is 0 Å². The molecule has 0 aliphatic carbocycles. The summed E-state index contributed by atoms with van der Waals surface area (Å²) < 4.78 is 0. The van der Waals surface area contributed by atoms with Crippen molar-refractivity contribution in [1.29, 1.82) is 0 Å². The van der Waals surface area contributed by atoms with Crippen molar-refractivity contribution in [3.05, 3.63) is 66.8 Å². The van der Waals surface area contributed by atoms with Crippen LogP contribution < -0.4 is 0 Å². The summed E-state index contributed by atoms with van der Waals surface area (Å²) in [5.74, 6) is 0. The summed E-state index contributed by atoms with van der Waals surface area (Å²) in [6.45, 7) is 0. The van der Waals surface area contributed by atoms with E-state index >= 15 is 0 Å². The SMILES string of the molecule is C.[CH3-].[CH3-].[CH3-].[CH3-].[CH3-].[CH3-].[CH3-].[CH3-].[CH3-].[Y].[Y].[Y].[Y].[Y].[Y].[Y]. The van der Waals surface area contributed by atoms with E-state index in [9.17, 15) is 0 Å². The van der Waals surface area contributed by atoms with Crippen LogP contribution in [0.2, 0.25) is 0 Å². The maximum absolute atomic E-state index is 0. The van der Waals surface area contributed by atoms with Gasteiger partial charge in [0.25, 0.3) is 0 Å². The van der Waals surface area contributed by atoms with Crippen LogP contribution in [0.25, 0.3) is 0 Å². The maximum Gasteiger partial charge on any atom is 0 e. The van der Waals surface area contributed by atoms with Gasteiger partial charge in [0.05, 0.1) is 0 Å². The molecule has 0 spiro atoms. The van der Waals surface area contributed by atoms with Gasteiger partial charge in [0.2, 0.25) is 0 Å². The zero-order chi connectivity index (χ0) is 0. The van der Waals surface area contributed by atoms with Gasteiger partial charge in [0.15, 0.2) is 0 Å². The first-order chi connectivity index (χ1) is 0. The Morgan fingerprint density at radius 3 is 0.176 bits per heavy atom. The van der Waals surface area contributed by atoms with Crippen LogP contribution in [-0.4, -0.2) is 0 Å². The van der Waals surface area contributed by atoms with Gasteiger partial charge in [-0.05, 0) is 0 Å². The van der Waals surface area contributed by atoms with Crippen molar-refractivity contribution < 1.29 is 229 Å². The second-order valence-corrected chi connectivity index (χ2v) is 0. The molecule has 0 amide bonds. The largest absolute Gasteiger partial charge is 0.358 e. The third kappa shape index (κ3) is 188. The van der Waals surface area contributed by atoms with E-state index in [-0.39, 0.29) is 303 Å². The van der Waals surface area contributed by atoms with E-state index in [4.69, 9.17) is 0 Å². The van der Waals surface area contributed by atoms with E-state index in [0.717, 1.165) is 0 Å². The van der Waals surface area contributed by atoms with Crippen molar-refractivity contribution in [1.82, 2.24) is 0 Å². The van der Waals surface area contributed by atoms with Gasteiger partial charge < -0.3 is 66.8 Å². The minimum atomic E-state index is 0. The molecule has 0 saturated carbocycles. The van der Waals surface area contributed by atoms with Crippen LogP contribution >= 0.6 is 0 Å². The summed E-state index contributed by atoms with van der Waals surface area (Å²) in [5, 5.41) is 0. The molecule has 0 saturated heterocycles. The van der Waals surface area contributed by atoms with Gasteiger partial charge in [-0.2, -0.15) is 0 Å². The summed E-state index contributed by atoms with van der Waals surface area (Å²) in [4.78, 5) is 0. The molecule has 0 rings (SSSR count). The molecule has 17 heavy (non-hydrogen) atoms. The van der Waals surface area contributed by atoms with E-state index in [1.54, 1.807) is 0 Å². The molecule has 7 radical (unpaired) electrons. The zero-order valence-electron chi connectivity index (χ0n) is 13.0. The van der Waals surface area contributed by atoms with Gasteiger partial charge in [-0.1, -0.05) is 7.43 Å². The first-order valence-electron chi connectivity index (χ1n) is 0. The van der Waals surface area contributed by atoms with Crippen LogP contribution in [-0.2, 0) is 229 Å². The van der Waals surface area contributed by atoms with Gasteiger partial charge in [-0.25, -0.2) is 0 Å². The molecule has 0 atom stereocenters. The first kappa shape index (κ1) is 233. The second kappa shape index (κ2) is 205. The van der Waals surface area contributed by atoms with Crippen LogP contribution in [0.1, 0.15) is 7.43 Å². The smallest absolute Gasteiger partial charge is 0 e. The molecule has 0 aromatic heterocycles. The Kier molecular flexibility index (Phi) is 2810. The van der Waals surface area contributed by atoms with Crippen molar-refractivity contribution in [3.63, 3.8) is 0 Å². The van der Waals surface area contributed by atoms with Gasteiger partial charge in [0.1, 0.15) is 0 Å².